The number of rotatable bonds is 4. The van der Waals surface area contributed by atoms with Gasteiger partial charge in [-0.2, -0.15) is 0 Å². The van der Waals surface area contributed by atoms with Gasteiger partial charge in [-0.3, -0.25) is 4.90 Å². The molecule has 3 heterocycles. The van der Waals surface area contributed by atoms with Gasteiger partial charge in [0.15, 0.2) is 0 Å². The molecule has 2 aliphatic heterocycles. The van der Waals surface area contributed by atoms with E-state index in [4.69, 9.17) is 4.74 Å². The van der Waals surface area contributed by atoms with Gasteiger partial charge in [0.25, 0.3) is 0 Å². The van der Waals surface area contributed by atoms with E-state index in [0.717, 1.165) is 11.6 Å². The van der Waals surface area contributed by atoms with Crippen molar-refractivity contribution >= 4 is 11.3 Å². The molecule has 3 rings (SSSR count). The summed E-state index contributed by atoms with van der Waals surface area (Å²) < 4.78 is 5.13. The van der Waals surface area contributed by atoms with Crippen molar-refractivity contribution in [2.75, 3.05) is 33.3 Å². The smallest absolute Gasteiger partial charge is 0.119 e. The Morgan fingerprint density at radius 2 is 2.26 bits per heavy atom. The van der Waals surface area contributed by atoms with Crippen LogP contribution >= 0.6 is 11.3 Å². The number of methoxy groups -OCH3 is 1. The fraction of sp³-hybridized carbons (Fsp3) is 0.786. The molecule has 4 nitrogen and oxygen atoms in total. The Bertz CT molecular complexity index is 415. The molecule has 19 heavy (non-hydrogen) atoms. The molecule has 2 saturated heterocycles. The molecule has 0 bridgehead atoms. The van der Waals surface area contributed by atoms with Crippen LogP contribution in [0.1, 0.15) is 30.0 Å². The molecule has 0 radical (unpaired) electrons. The van der Waals surface area contributed by atoms with Crippen molar-refractivity contribution < 1.29 is 4.74 Å². The Labute approximate surface area is 119 Å². The minimum absolute atomic E-state index is 0.594. The minimum Gasteiger partial charge on any atom is -0.378 e. The Morgan fingerprint density at radius 1 is 1.42 bits per heavy atom. The summed E-state index contributed by atoms with van der Waals surface area (Å²) in [5.74, 6) is 0. The molecule has 0 saturated carbocycles. The maximum absolute atomic E-state index is 5.13. The third kappa shape index (κ3) is 3.16. The van der Waals surface area contributed by atoms with Crippen molar-refractivity contribution in [2.24, 2.45) is 5.41 Å². The second kappa shape index (κ2) is 5.87. The molecule has 2 fully saturated rings. The minimum atomic E-state index is 0.594. The van der Waals surface area contributed by atoms with Gasteiger partial charge < -0.3 is 10.1 Å². The third-order valence-corrected chi connectivity index (χ3v) is 5.31. The second-order valence-corrected chi connectivity index (χ2v) is 6.82. The van der Waals surface area contributed by atoms with Crippen LogP contribution in [0.15, 0.2) is 5.38 Å². The highest BCUT2D eigenvalue weighted by molar-refractivity contribution is 7.09. The predicted octanol–water partition coefficient (Wildman–Crippen LogP) is 1.86. The topological polar surface area (TPSA) is 37.4 Å². The van der Waals surface area contributed by atoms with Crippen molar-refractivity contribution in [3.05, 3.63) is 16.1 Å². The lowest BCUT2D eigenvalue weighted by Crippen LogP contribution is -2.38. The highest BCUT2D eigenvalue weighted by atomic mass is 32.1. The number of aromatic nitrogens is 1. The Kier molecular flexibility index (Phi) is 4.17. The van der Waals surface area contributed by atoms with Crippen LogP contribution in [-0.2, 0) is 17.9 Å². The van der Waals surface area contributed by atoms with Crippen LogP contribution < -0.4 is 5.32 Å². The summed E-state index contributed by atoms with van der Waals surface area (Å²) in [6.07, 6.45) is 4.05. The third-order valence-electron chi connectivity index (χ3n) is 4.43. The molecule has 1 aromatic rings. The highest BCUT2D eigenvalue weighted by Gasteiger charge is 2.38. The molecule has 5 heteroatoms. The number of hydrogen-bond donors (Lipinski definition) is 1. The average molecular weight is 281 g/mol. The summed E-state index contributed by atoms with van der Waals surface area (Å²) in [6, 6.07) is 0. The highest BCUT2D eigenvalue weighted by Crippen LogP contribution is 2.38. The van der Waals surface area contributed by atoms with Gasteiger partial charge in [0, 0.05) is 25.6 Å². The lowest BCUT2D eigenvalue weighted by atomic mass is 9.78. The first kappa shape index (κ1) is 13.5. The van der Waals surface area contributed by atoms with Crippen LogP contribution in [0.3, 0.4) is 0 Å². The quantitative estimate of drug-likeness (QED) is 0.914. The molecule has 0 unspecified atom stereocenters. The fourth-order valence-corrected chi connectivity index (χ4v) is 4.12. The number of nitrogens with one attached hydrogen (secondary N) is 1. The van der Waals surface area contributed by atoms with Gasteiger partial charge in [-0.05, 0) is 44.3 Å². The Hall–Kier alpha value is -0.490. The zero-order valence-corrected chi connectivity index (χ0v) is 12.5. The molecule has 0 amide bonds. The molecule has 1 N–H and O–H groups in total. The molecule has 0 aliphatic carbocycles. The normalized spacial score (nSPS) is 23.2. The van der Waals surface area contributed by atoms with E-state index in [1.807, 2.05) is 0 Å². The first-order valence-corrected chi connectivity index (χ1v) is 8.03. The average Bonchev–Trinajstić information content (AvgIpc) is 3.00. The standard InChI is InChI=1S/C14H23N3OS/c1-18-9-13-16-12(10-19-13)8-17-7-4-14(11-17)2-5-15-6-3-14/h10,15H,2-9,11H2,1H3. The van der Waals surface area contributed by atoms with Crippen LogP contribution in [0.4, 0.5) is 0 Å². The Morgan fingerprint density at radius 3 is 3.05 bits per heavy atom. The molecule has 1 spiro atoms. The van der Waals surface area contributed by atoms with Crippen molar-refractivity contribution in [1.82, 2.24) is 15.2 Å². The van der Waals surface area contributed by atoms with E-state index >= 15 is 0 Å². The molecular weight excluding hydrogens is 258 g/mol. The van der Waals surface area contributed by atoms with Gasteiger partial charge in [-0.1, -0.05) is 0 Å². The summed E-state index contributed by atoms with van der Waals surface area (Å²) in [5.41, 5.74) is 1.81. The van der Waals surface area contributed by atoms with Crippen LogP contribution in [0.25, 0.3) is 0 Å². The van der Waals surface area contributed by atoms with Gasteiger partial charge in [-0.25, -0.2) is 4.98 Å². The Balaban J connectivity index is 1.55. The van der Waals surface area contributed by atoms with E-state index in [1.165, 1.54) is 51.1 Å². The van der Waals surface area contributed by atoms with E-state index < -0.39 is 0 Å². The van der Waals surface area contributed by atoms with Crippen LogP contribution in [-0.4, -0.2) is 43.2 Å². The monoisotopic (exact) mass is 281 g/mol. The molecule has 0 aromatic carbocycles. The van der Waals surface area contributed by atoms with E-state index in [-0.39, 0.29) is 0 Å². The molecule has 1 aromatic heterocycles. The van der Waals surface area contributed by atoms with E-state index in [9.17, 15) is 0 Å². The van der Waals surface area contributed by atoms with Crippen molar-refractivity contribution in [3.8, 4) is 0 Å². The molecule has 0 atom stereocenters. The van der Waals surface area contributed by atoms with Gasteiger partial charge in [-0.15, -0.1) is 11.3 Å². The number of piperidine rings is 1. The fourth-order valence-electron chi connectivity index (χ4n) is 3.37. The number of hydrogen-bond acceptors (Lipinski definition) is 5. The summed E-state index contributed by atoms with van der Waals surface area (Å²) in [7, 11) is 1.72. The van der Waals surface area contributed by atoms with Gasteiger partial charge >= 0.3 is 0 Å². The second-order valence-electron chi connectivity index (χ2n) is 5.88. The predicted molar refractivity (Wildman–Crippen MR) is 77.3 cm³/mol. The van der Waals surface area contributed by atoms with E-state index in [1.54, 1.807) is 18.4 Å². The van der Waals surface area contributed by atoms with Crippen LogP contribution in [0.5, 0.6) is 0 Å². The SMILES string of the molecule is COCc1nc(CN2CCC3(CCNCC3)C2)cs1. The maximum atomic E-state index is 5.13. The van der Waals surface area contributed by atoms with Crippen LogP contribution in [0.2, 0.25) is 0 Å². The zero-order chi connectivity index (χ0) is 13.1. The number of thiazole rings is 1. The maximum Gasteiger partial charge on any atom is 0.119 e. The van der Waals surface area contributed by atoms with Crippen molar-refractivity contribution in [1.29, 1.82) is 0 Å². The van der Waals surface area contributed by atoms with Crippen molar-refractivity contribution in [3.63, 3.8) is 0 Å². The van der Waals surface area contributed by atoms with Crippen molar-refractivity contribution in [2.45, 2.75) is 32.4 Å². The molecular formula is C14H23N3OS. The first-order chi connectivity index (χ1) is 9.30. The first-order valence-electron chi connectivity index (χ1n) is 7.15. The van der Waals surface area contributed by atoms with E-state index in [0.29, 0.717) is 12.0 Å². The number of likely N-dealkylation sites (tertiary alicyclic amines) is 1. The summed E-state index contributed by atoms with van der Waals surface area (Å²) in [5, 5.41) is 6.75. The molecule has 106 valence electrons. The van der Waals surface area contributed by atoms with Gasteiger partial charge in [0.1, 0.15) is 5.01 Å². The summed E-state index contributed by atoms with van der Waals surface area (Å²) in [4.78, 5) is 7.22. The van der Waals surface area contributed by atoms with Crippen LogP contribution in [0, 0.1) is 5.41 Å². The summed E-state index contributed by atoms with van der Waals surface area (Å²) >= 11 is 1.71. The van der Waals surface area contributed by atoms with Gasteiger partial charge in [0.2, 0.25) is 0 Å². The van der Waals surface area contributed by atoms with E-state index in [2.05, 4.69) is 20.6 Å². The summed E-state index contributed by atoms with van der Waals surface area (Å²) in [6.45, 7) is 6.53. The zero-order valence-electron chi connectivity index (χ0n) is 11.7. The largest absolute Gasteiger partial charge is 0.378 e. The number of ether oxygens (including phenoxy) is 1. The molecule has 2 aliphatic rings. The number of nitrogens with zero attached hydrogens (tertiary/aromatic N) is 2. The lowest BCUT2D eigenvalue weighted by molar-refractivity contribution is 0.183. The lowest BCUT2D eigenvalue weighted by Gasteiger charge is -2.33. The van der Waals surface area contributed by atoms with Gasteiger partial charge in [0.05, 0.1) is 12.3 Å².